The van der Waals surface area contributed by atoms with Crippen LogP contribution in [-0.2, 0) is 18.0 Å². The topological polar surface area (TPSA) is 51.5 Å². The molecular weight excluding hydrogens is 266 g/mol. The van der Waals surface area contributed by atoms with Gasteiger partial charge in [0.05, 0.1) is 39.1 Å². The van der Waals surface area contributed by atoms with Crippen LogP contribution in [0.15, 0.2) is 42.5 Å². The van der Waals surface area contributed by atoms with Crippen molar-refractivity contribution >= 4 is 0 Å². The molecule has 0 spiro atoms. The van der Waals surface area contributed by atoms with Crippen molar-refractivity contribution in [2.45, 2.75) is 13.2 Å². The van der Waals surface area contributed by atoms with E-state index in [4.69, 9.17) is 19.5 Å². The highest BCUT2D eigenvalue weighted by Crippen LogP contribution is 2.21. The molecule has 108 valence electrons. The summed E-state index contributed by atoms with van der Waals surface area (Å²) < 4.78 is 16.2. The van der Waals surface area contributed by atoms with Gasteiger partial charge in [0.25, 0.3) is 0 Å². The van der Waals surface area contributed by atoms with E-state index >= 15 is 0 Å². The van der Waals surface area contributed by atoms with Crippen LogP contribution in [0.2, 0.25) is 0 Å². The number of methoxy groups -OCH3 is 2. The van der Waals surface area contributed by atoms with Crippen molar-refractivity contribution in [2.24, 2.45) is 0 Å². The molecule has 2 aromatic carbocycles. The Labute approximate surface area is 124 Å². The zero-order valence-corrected chi connectivity index (χ0v) is 12.1. The molecule has 0 aromatic heterocycles. The van der Waals surface area contributed by atoms with Gasteiger partial charge in [0, 0.05) is 5.56 Å². The van der Waals surface area contributed by atoms with Crippen molar-refractivity contribution in [3.63, 3.8) is 0 Å². The van der Waals surface area contributed by atoms with Crippen LogP contribution in [0.1, 0.15) is 16.7 Å². The number of nitrogens with zero attached hydrogens (tertiary/aromatic N) is 1. The molecule has 0 saturated carbocycles. The normalized spacial score (nSPS) is 9.95. The molecule has 2 rings (SSSR count). The maximum atomic E-state index is 8.94. The highest BCUT2D eigenvalue weighted by Gasteiger charge is 2.05. The molecule has 0 unspecified atom stereocenters. The monoisotopic (exact) mass is 283 g/mol. The third-order valence-electron chi connectivity index (χ3n) is 3.07. The van der Waals surface area contributed by atoms with Crippen LogP contribution >= 0.6 is 0 Å². The quantitative estimate of drug-likeness (QED) is 0.816. The number of hydrogen-bond donors (Lipinski definition) is 0. The minimum absolute atomic E-state index is 0.385. The lowest BCUT2D eigenvalue weighted by atomic mass is 10.1. The third-order valence-corrected chi connectivity index (χ3v) is 3.07. The van der Waals surface area contributed by atoms with Gasteiger partial charge in [-0.1, -0.05) is 12.1 Å². The Hall–Kier alpha value is -2.51. The molecule has 0 N–H and O–H groups in total. The lowest BCUT2D eigenvalue weighted by molar-refractivity contribution is 0.105. The molecule has 0 amide bonds. The van der Waals surface area contributed by atoms with E-state index in [1.807, 2.05) is 24.3 Å². The number of nitriles is 1. The fourth-order valence-corrected chi connectivity index (χ4v) is 2.00. The Morgan fingerprint density at radius 1 is 1.00 bits per heavy atom. The lowest BCUT2D eigenvalue weighted by Crippen LogP contribution is -1.98. The highest BCUT2D eigenvalue weighted by molar-refractivity contribution is 5.41. The molecule has 21 heavy (non-hydrogen) atoms. The summed E-state index contributed by atoms with van der Waals surface area (Å²) in [6, 6.07) is 15.1. The second kappa shape index (κ2) is 7.32. The first kappa shape index (κ1) is 14.9. The minimum Gasteiger partial charge on any atom is -0.497 e. The van der Waals surface area contributed by atoms with Gasteiger partial charge in [-0.2, -0.15) is 5.26 Å². The Kier molecular flexibility index (Phi) is 5.19. The summed E-state index contributed by atoms with van der Waals surface area (Å²) in [5.41, 5.74) is 2.49. The SMILES string of the molecule is COc1cccc(COCc2cc(C#N)ccc2OC)c1. The predicted molar refractivity (Wildman–Crippen MR) is 79.2 cm³/mol. The average Bonchev–Trinajstić information content (AvgIpc) is 2.55. The van der Waals surface area contributed by atoms with Gasteiger partial charge >= 0.3 is 0 Å². The fourth-order valence-electron chi connectivity index (χ4n) is 2.00. The van der Waals surface area contributed by atoms with Crippen LogP contribution in [-0.4, -0.2) is 14.2 Å². The Balaban J connectivity index is 2.01. The molecule has 0 heterocycles. The van der Waals surface area contributed by atoms with Gasteiger partial charge in [0.15, 0.2) is 0 Å². The molecule has 0 aliphatic carbocycles. The molecule has 4 heteroatoms. The van der Waals surface area contributed by atoms with E-state index in [1.165, 1.54) is 0 Å². The smallest absolute Gasteiger partial charge is 0.124 e. The largest absolute Gasteiger partial charge is 0.497 e. The Morgan fingerprint density at radius 2 is 1.86 bits per heavy atom. The molecule has 2 aromatic rings. The van der Waals surface area contributed by atoms with Crippen LogP contribution in [0.3, 0.4) is 0 Å². The summed E-state index contributed by atoms with van der Waals surface area (Å²) in [6.45, 7) is 0.854. The second-order valence-electron chi connectivity index (χ2n) is 4.48. The number of hydrogen-bond acceptors (Lipinski definition) is 4. The van der Waals surface area contributed by atoms with Gasteiger partial charge in [-0.15, -0.1) is 0 Å². The van der Waals surface area contributed by atoms with Gasteiger partial charge in [0.2, 0.25) is 0 Å². The van der Waals surface area contributed by atoms with Crippen LogP contribution in [0.5, 0.6) is 11.5 Å². The van der Waals surface area contributed by atoms with E-state index in [0.29, 0.717) is 18.8 Å². The summed E-state index contributed by atoms with van der Waals surface area (Å²) in [5, 5.41) is 8.94. The van der Waals surface area contributed by atoms with E-state index in [-0.39, 0.29) is 0 Å². The highest BCUT2D eigenvalue weighted by atomic mass is 16.5. The minimum atomic E-state index is 0.385. The van der Waals surface area contributed by atoms with Gasteiger partial charge < -0.3 is 14.2 Å². The predicted octanol–water partition coefficient (Wildman–Crippen LogP) is 3.29. The number of benzene rings is 2. The molecule has 0 atom stereocenters. The van der Waals surface area contributed by atoms with Gasteiger partial charge in [-0.25, -0.2) is 0 Å². The first-order valence-electron chi connectivity index (χ1n) is 6.54. The second-order valence-corrected chi connectivity index (χ2v) is 4.48. The molecular formula is C17H17NO3. The summed E-state index contributed by atoms with van der Waals surface area (Å²) in [5.74, 6) is 1.53. The van der Waals surface area contributed by atoms with Crippen molar-refractivity contribution < 1.29 is 14.2 Å². The van der Waals surface area contributed by atoms with E-state index in [9.17, 15) is 0 Å². The third kappa shape index (κ3) is 3.98. The Morgan fingerprint density at radius 3 is 2.57 bits per heavy atom. The fraction of sp³-hybridized carbons (Fsp3) is 0.235. The number of ether oxygens (including phenoxy) is 3. The van der Waals surface area contributed by atoms with Crippen LogP contribution < -0.4 is 9.47 Å². The van der Waals surface area contributed by atoms with Gasteiger partial charge in [-0.05, 0) is 35.9 Å². The average molecular weight is 283 g/mol. The van der Waals surface area contributed by atoms with Crippen LogP contribution in [0.4, 0.5) is 0 Å². The lowest BCUT2D eigenvalue weighted by Gasteiger charge is -2.10. The number of rotatable bonds is 6. The van der Waals surface area contributed by atoms with Crippen molar-refractivity contribution in [3.8, 4) is 17.6 Å². The van der Waals surface area contributed by atoms with E-state index in [1.54, 1.807) is 32.4 Å². The van der Waals surface area contributed by atoms with E-state index in [2.05, 4.69) is 6.07 Å². The van der Waals surface area contributed by atoms with Crippen LogP contribution in [0, 0.1) is 11.3 Å². The van der Waals surface area contributed by atoms with Crippen molar-refractivity contribution in [3.05, 3.63) is 59.2 Å². The standard InChI is InChI=1S/C17H17NO3/c1-19-16-5-3-4-14(9-16)11-21-12-15-8-13(10-18)6-7-17(15)20-2/h3-9H,11-12H2,1-2H3. The summed E-state index contributed by atoms with van der Waals surface area (Å²) >= 11 is 0. The molecule has 4 nitrogen and oxygen atoms in total. The molecule has 0 aliphatic heterocycles. The maximum Gasteiger partial charge on any atom is 0.124 e. The zero-order chi connectivity index (χ0) is 15.1. The van der Waals surface area contributed by atoms with Gasteiger partial charge in [-0.3, -0.25) is 0 Å². The van der Waals surface area contributed by atoms with Crippen molar-refractivity contribution in [1.82, 2.24) is 0 Å². The van der Waals surface area contributed by atoms with Gasteiger partial charge in [0.1, 0.15) is 11.5 Å². The van der Waals surface area contributed by atoms with Crippen molar-refractivity contribution in [1.29, 1.82) is 5.26 Å². The molecule has 0 bridgehead atoms. The summed E-state index contributed by atoms with van der Waals surface area (Å²) in [6.07, 6.45) is 0. The Bertz CT molecular complexity index is 647. The van der Waals surface area contributed by atoms with E-state index < -0.39 is 0 Å². The zero-order valence-electron chi connectivity index (χ0n) is 12.1. The molecule has 0 saturated heterocycles. The molecule has 0 aliphatic rings. The first-order chi connectivity index (χ1) is 10.3. The first-order valence-corrected chi connectivity index (χ1v) is 6.54. The summed E-state index contributed by atoms with van der Waals surface area (Å²) in [7, 11) is 3.24. The maximum absolute atomic E-state index is 8.94. The van der Waals surface area contributed by atoms with E-state index in [0.717, 1.165) is 22.6 Å². The summed E-state index contributed by atoms with van der Waals surface area (Å²) in [4.78, 5) is 0. The molecule has 0 fully saturated rings. The van der Waals surface area contributed by atoms with Crippen LogP contribution in [0.25, 0.3) is 0 Å². The molecule has 0 radical (unpaired) electrons. The van der Waals surface area contributed by atoms with Crippen molar-refractivity contribution in [2.75, 3.05) is 14.2 Å².